The van der Waals surface area contributed by atoms with Gasteiger partial charge in [-0.15, -0.1) is 0 Å². The third kappa shape index (κ3) is 4.10. The van der Waals surface area contributed by atoms with E-state index < -0.39 is 0 Å². The SMILES string of the molecule is O=C(CCc1c(-c2ccc(F)cc2)[nH]c2ccccc12)N1CCCCC1C1OCCO1. The monoisotopic (exact) mass is 422 g/mol. The van der Waals surface area contributed by atoms with E-state index in [0.717, 1.165) is 53.5 Å². The Labute approximate surface area is 181 Å². The second-order valence-electron chi connectivity index (χ2n) is 8.29. The predicted molar refractivity (Wildman–Crippen MR) is 117 cm³/mol. The van der Waals surface area contributed by atoms with Crippen LogP contribution in [0, 0.1) is 5.82 Å². The molecule has 2 aromatic carbocycles. The van der Waals surface area contributed by atoms with E-state index in [9.17, 15) is 9.18 Å². The van der Waals surface area contributed by atoms with Crippen LogP contribution in [0.1, 0.15) is 31.2 Å². The number of piperidine rings is 1. The molecule has 1 aromatic heterocycles. The number of amides is 1. The number of fused-ring (bicyclic) bond motifs is 1. The molecule has 31 heavy (non-hydrogen) atoms. The highest BCUT2D eigenvalue weighted by atomic mass is 19.1. The van der Waals surface area contributed by atoms with Gasteiger partial charge in [0.1, 0.15) is 5.82 Å². The van der Waals surface area contributed by atoms with Gasteiger partial charge in [-0.1, -0.05) is 18.2 Å². The summed E-state index contributed by atoms with van der Waals surface area (Å²) in [5.74, 6) is -0.122. The van der Waals surface area contributed by atoms with E-state index in [0.29, 0.717) is 26.1 Å². The number of aromatic amines is 1. The summed E-state index contributed by atoms with van der Waals surface area (Å²) in [6.45, 7) is 1.95. The average molecular weight is 423 g/mol. The molecular weight excluding hydrogens is 395 g/mol. The highest BCUT2D eigenvalue weighted by Crippen LogP contribution is 2.32. The molecule has 0 saturated carbocycles. The van der Waals surface area contributed by atoms with E-state index >= 15 is 0 Å². The van der Waals surface area contributed by atoms with Crippen molar-refractivity contribution in [3.63, 3.8) is 0 Å². The molecule has 3 aromatic rings. The van der Waals surface area contributed by atoms with E-state index in [1.165, 1.54) is 12.1 Å². The van der Waals surface area contributed by atoms with Gasteiger partial charge in [0, 0.05) is 29.6 Å². The van der Waals surface area contributed by atoms with Crippen LogP contribution in [0.3, 0.4) is 0 Å². The molecule has 5 rings (SSSR count). The maximum Gasteiger partial charge on any atom is 0.223 e. The topological polar surface area (TPSA) is 54.6 Å². The van der Waals surface area contributed by atoms with Crippen molar-refractivity contribution in [2.75, 3.05) is 19.8 Å². The van der Waals surface area contributed by atoms with Gasteiger partial charge in [-0.05, 0) is 67.1 Å². The third-order valence-electron chi connectivity index (χ3n) is 6.37. The number of aryl methyl sites for hydroxylation is 1. The van der Waals surface area contributed by atoms with E-state index in [1.807, 2.05) is 23.1 Å². The average Bonchev–Trinajstić information content (AvgIpc) is 3.46. The second-order valence-corrected chi connectivity index (χ2v) is 8.29. The molecule has 0 spiro atoms. The number of carbonyl (C=O) groups excluding carboxylic acids is 1. The van der Waals surface area contributed by atoms with Crippen molar-refractivity contribution in [3.05, 3.63) is 59.9 Å². The number of aromatic nitrogens is 1. The lowest BCUT2D eigenvalue weighted by atomic mass is 9.98. The van der Waals surface area contributed by atoms with Gasteiger partial charge in [0.2, 0.25) is 5.91 Å². The van der Waals surface area contributed by atoms with Crippen LogP contribution in [0.5, 0.6) is 0 Å². The largest absolute Gasteiger partial charge is 0.354 e. The van der Waals surface area contributed by atoms with E-state index in [1.54, 1.807) is 12.1 Å². The zero-order valence-corrected chi connectivity index (χ0v) is 17.5. The number of H-pyrrole nitrogens is 1. The number of carbonyl (C=O) groups is 1. The van der Waals surface area contributed by atoms with Gasteiger partial charge < -0.3 is 19.4 Å². The summed E-state index contributed by atoms with van der Waals surface area (Å²) < 4.78 is 24.9. The summed E-state index contributed by atoms with van der Waals surface area (Å²) in [5, 5.41) is 1.10. The lowest BCUT2D eigenvalue weighted by Gasteiger charge is -2.38. The highest BCUT2D eigenvalue weighted by molar-refractivity contribution is 5.91. The molecule has 1 atom stereocenters. The van der Waals surface area contributed by atoms with Gasteiger partial charge in [-0.25, -0.2) is 4.39 Å². The quantitative estimate of drug-likeness (QED) is 0.651. The number of benzene rings is 2. The van der Waals surface area contributed by atoms with Crippen molar-refractivity contribution >= 4 is 16.8 Å². The molecule has 2 fully saturated rings. The Morgan fingerprint density at radius 2 is 1.84 bits per heavy atom. The zero-order valence-electron chi connectivity index (χ0n) is 17.5. The number of hydrogen-bond donors (Lipinski definition) is 1. The zero-order chi connectivity index (χ0) is 21.2. The molecule has 1 unspecified atom stereocenters. The first-order chi connectivity index (χ1) is 15.2. The number of nitrogens with zero attached hydrogens (tertiary/aromatic N) is 1. The summed E-state index contributed by atoms with van der Waals surface area (Å²) in [5.41, 5.74) is 3.99. The highest BCUT2D eigenvalue weighted by Gasteiger charge is 2.36. The van der Waals surface area contributed by atoms with Crippen molar-refractivity contribution in [2.45, 2.75) is 44.4 Å². The number of rotatable bonds is 5. The summed E-state index contributed by atoms with van der Waals surface area (Å²) in [6, 6.07) is 14.6. The van der Waals surface area contributed by atoms with Crippen molar-refractivity contribution in [1.29, 1.82) is 0 Å². The first kappa shape index (κ1) is 20.2. The fourth-order valence-electron chi connectivity index (χ4n) is 4.85. The van der Waals surface area contributed by atoms with Crippen LogP contribution in [0.25, 0.3) is 22.2 Å². The molecule has 5 nitrogen and oxygen atoms in total. The smallest absolute Gasteiger partial charge is 0.223 e. The molecule has 2 aliphatic rings. The van der Waals surface area contributed by atoms with E-state index in [2.05, 4.69) is 11.1 Å². The summed E-state index contributed by atoms with van der Waals surface area (Å²) in [4.78, 5) is 18.7. The van der Waals surface area contributed by atoms with Crippen LogP contribution >= 0.6 is 0 Å². The fraction of sp³-hybridized carbons (Fsp3) is 0.400. The van der Waals surface area contributed by atoms with Gasteiger partial charge in [-0.2, -0.15) is 0 Å². The molecule has 6 heteroatoms. The molecule has 1 N–H and O–H groups in total. The summed E-state index contributed by atoms with van der Waals surface area (Å²) in [6.07, 6.45) is 3.76. The first-order valence-electron chi connectivity index (χ1n) is 11.1. The van der Waals surface area contributed by atoms with Crippen molar-refractivity contribution in [3.8, 4) is 11.3 Å². The van der Waals surface area contributed by atoms with E-state index in [4.69, 9.17) is 9.47 Å². The van der Waals surface area contributed by atoms with E-state index in [-0.39, 0.29) is 24.1 Å². The molecule has 3 heterocycles. The summed E-state index contributed by atoms with van der Waals surface area (Å²) in [7, 11) is 0. The Morgan fingerprint density at radius 3 is 2.65 bits per heavy atom. The van der Waals surface area contributed by atoms with Crippen LogP contribution in [-0.2, 0) is 20.7 Å². The number of hydrogen-bond acceptors (Lipinski definition) is 3. The maximum absolute atomic E-state index is 13.5. The van der Waals surface area contributed by atoms with Crippen molar-refractivity contribution < 1.29 is 18.7 Å². The number of para-hydroxylation sites is 1. The van der Waals surface area contributed by atoms with Crippen LogP contribution in [0.4, 0.5) is 4.39 Å². The molecule has 0 aliphatic carbocycles. The molecule has 0 radical (unpaired) electrons. The molecule has 2 saturated heterocycles. The molecule has 0 bridgehead atoms. The number of ether oxygens (including phenoxy) is 2. The normalized spacial score (nSPS) is 19.9. The summed E-state index contributed by atoms with van der Waals surface area (Å²) >= 11 is 0. The Bertz CT molecular complexity index is 1060. The lowest BCUT2D eigenvalue weighted by molar-refractivity contribution is -0.150. The Kier molecular flexibility index (Phi) is 5.74. The number of likely N-dealkylation sites (tertiary alicyclic amines) is 1. The maximum atomic E-state index is 13.5. The van der Waals surface area contributed by atoms with Crippen LogP contribution in [0.15, 0.2) is 48.5 Å². The number of nitrogens with one attached hydrogen (secondary N) is 1. The van der Waals surface area contributed by atoms with Gasteiger partial charge in [0.15, 0.2) is 6.29 Å². The molecule has 1 amide bonds. The fourth-order valence-corrected chi connectivity index (χ4v) is 4.85. The Hall–Kier alpha value is -2.70. The van der Waals surface area contributed by atoms with Crippen LogP contribution < -0.4 is 0 Å². The van der Waals surface area contributed by atoms with Crippen LogP contribution in [-0.4, -0.2) is 47.9 Å². The minimum atomic E-state index is -0.299. The van der Waals surface area contributed by atoms with Gasteiger partial charge in [0.25, 0.3) is 0 Å². The first-order valence-corrected chi connectivity index (χ1v) is 11.1. The Morgan fingerprint density at radius 1 is 1.06 bits per heavy atom. The second kappa shape index (κ2) is 8.81. The number of halogens is 1. The standard InChI is InChI=1S/C25H27FN2O3/c26-18-10-8-17(9-11-18)24-20(19-5-1-2-6-21(19)27-24)12-13-23(29)28-14-4-3-7-22(28)25-30-15-16-31-25/h1-2,5-6,8-11,22,25,27H,3-4,7,12-16H2. The van der Waals surface area contributed by atoms with Gasteiger partial charge >= 0.3 is 0 Å². The molecule has 162 valence electrons. The lowest BCUT2D eigenvalue weighted by Crippen LogP contribution is -2.50. The predicted octanol–water partition coefficient (Wildman–Crippen LogP) is 4.66. The molecular formula is C25H27FN2O3. The molecule has 2 aliphatic heterocycles. The van der Waals surface area contributed by atoms with Crippen molar-refractivity contribution in [2.24, 2.45) is 0 Å². The van der Waals surface area contributed by atoms with Crippen molar-refractivity contribution in [1.82, 2.24) is 9.88 Å². The third-order valence-corrected chi connectivity index (χ3v) is 6.37. The Balaban J connectivity index is 1.39. The minimum Gasteiger partial charge on any atom is -0.354 e. The van der Waals surface area contributed by atoms with Gasteiger partial charge in [-0.3, -0.25) is 4.79 Å². The van der Waals surface area contributed by atoms with Gasteiger partial charge in [0.05, 0.1) is 19.3 Å². The van der Waals surface area contributed by atoms with Crippen LogP contribution in [0.2, 0.25) is 0 Å². The minimum absolute atomic E-state index is 0.00304.